The molecular formula is C11H14N6O2. The number of nitrogens with one attached hydrogen (secondary N) is 2. The zero-order chi connectivity index (χ0) is 13.7. The van der Waals surface area contributed by atoms with Crippen molar-refractivity contribution < 1.29 is 9.32 Å². The number of nitrogen functional groups attached to an aromatic ring is 1. The fourth-order valence-electron chi connectivity index (χ4n) is 1.52. The second-order valence-electron chi connectivity index (χ2n) is 3.81. The quantitative estimate of drug-likeness (QED) is 0.513. The normalized spacial score (nSPS) is 10.2. The van der Waals surface area contributed by atoms with Gasteiger partial charge in [-0.05, 0) is 13.0 Å². The van der Waals surface area contributed by atoms with Crippen LogP contribution in [0.5, 0.6) is 0 Å². The smallest absolute Gasteiger partial charge is 0.255 e. The first-order chi connectivity index (χ1) is 9.20. The van der Waals surface area contributed by atoms with E-state index < -0.39 is 0 Å². The van der Waals surface area contributed by atoms with Crippen LogP contribution in [-0.4, -0.2) is 27.6 Å². The van der Waals surface area contributed by atoms with E-state index in [4.69, 9.17) is 10.4 Å². The first-order valence-electron chi connectivity index (χ1n) is 5.68. The average Bonchev–Trinajstić information content (AvgIpc) is 2.84. The Morgan fingerprint density at radius 3 is 3.05 bits per heavy atom. The Balaban J connectivity index is 1.90. The Morgan fingerprint density at radius 1 is 1.53 bits per heavy atom. The predicted molar refractivity (Wildman–Crippen MR) is 67.1 cm³/mol. The minimum absolute atomic E-state index is 0.266. The van der Waals surface area contributed by atoms with Crippen molar-refractivity contribution in [2.45, 2.75) is 13.3 Å². The fourth-order valence-corrected chi connectivity index (χ4v) is 1.52. The highest BCUT2D eigenvalue weighted by molar-refractivity contribution is 5.99. The van der Waals surface area contributed by atoms with E-state index >= 15 is 0 Å². The third-order valence-corrected chi connectivity index (χ3v) is 2.42. The summed E-state index contributed by atoms with van der Waals surface area (Å²) in [6, 6.07) is 1.62. The second-order valence-corrected chi connectivity index (χ2v) is 3.81. The first kappa shape index (κ1) is 13.0. The highest BCUT2D eigenvalue weighted by atomic mass is 16.5. The topological polar surface area (TPSA) is 119 Å². The molecule has 0 atom stereocenters. The molecule has 0 radical (unpaired) electrons. The second kappa shape index (κ2) is 5.91. The number of carbonyl (C=O) groups is 1. The lowest BCUT2D eigenvalue weighted by Crippen LogP contribution is -2.27. The molecule has 19 heavy (non-hydrogen) atoms. The SMILES string of the molecule is Cc1noc(CCNC(=O)c2cnccc2NN)n1. The van der Waals surface area contributed by atoms with Gasteiger partial charge in [0.05, 0.1) is 11.3 Å². The lowest BCUT2D eigenvalue weighted by atomic mass is 10.2. The molecule has 0 aliphatic carbocycles. The maximum absolute atomic E-state index is 11.9. The third-order valence-electron chi connectivity index (χ3n) is 2.42. The summed E-state index contributed by atoms with van der Waals surface area (Å²) in [6.45, 7) is 2.12. The van der Waals surface area contributed by atoms with Crippen molar-refractivity contribution in [3.63, 3.8) is 0 Å². The summed E-state index contributed by atoms with van der Waals surface area (Å²) in [6.07, 6.45) is 3.47. The number of carbonyl (C=O) groups excluding carboxylic acids is 1. The van der Waals surface area contributed by atoms with E-state index in [-0.39, 0.29) is 5.91 Å². The molecule has 0 saturated carbocycles. The van der Waals surface area contributed by atoms with Crippen LogP contribution in [0.25, 0.3) is 0 Å². The molecule has 1 amide bonds. The van der Waals surface area contributed by atoms with Gasteiger partial charge < -0.3 is 15.3 Å². The van der Waals surface area contributed by atoms with E-state index in [1.54, 1.807) is 19.2 Å². The number of amides is 1. The van der Waals surface area contributed by atoms with Gasteiger partial charge in [-0.1, -0.05) is 5.16 Å². The lowest BCUT2D eigenvalue weighted by Gasteiger charge is -2.07. The van der Waals surface area contributed by atoms with Gasteiger partial charge in [0.1, 0.15) is 0 Å². The number of hydrogen-bond donors (Lipinski definition) is 3. The number of aromatic nitrogens is 3. The molecule has 2 aromatic rings. The van der Waals surface area contributed by atoms with Gasteiger partial charge in [0.2, 0.25) is 5.89 Å². The number of nitrogens with zero attached hydrogens (tertiary/aromatic N) is 3. The minimum Gasteiger partial charge on any atom is -0.351 e. The van der Waals surface area contributed by atoms with Gasteiger partial charge in [-0.25, -0.2) is 0 Å². The molecule has 0 saturated heterocycles. The number of pyridine rings is 1. The number of aryl methyl sites for hydroxylation is 1. The molecule has 8 heteroatoms. The van der Waals surface area contributed by atoms with Crippen LogP contribution in [0.4, 0.5) is 5.69 Å². The molecule has 2 rings (SSSR count). The Kier molecular flexibility index (Phi) is 4.04. The van der Waals surface area contributed by atoms with Crippen molar-refractivity contribution >= 4 is 11.6 Å². The molecule has 0 aliphatic rings. The highest BCUT2D eigenvalue weighted by Gasteiger charge is 2.11. The molecule has 0 bridgehead atoms. The van der Waals surface area contributed by atoms with Crippen molar-refractivity contribution in [3.05, 3.63) is 35.7 Å². The summed E-state index contributed by atoms with van der Waals surface area (Å²) >= 11 is 0. The minimum atomic E-state index is -0.266. The van der Waals surface area contributed by atoms with Crippen molar-refractivity contribution in [2.75, 3.05) is 12.0 Å². The van der Waals surface area contributed by atoms with Crippen LogP contribution in [0.3, 0.4) is 0 Å². The van der Waals surface area contributed by atoms with Crippen LogP contribution < -0.4 is 16.6 Å². The standard InChI is InChI=1S/C11H14N6O2/c1-7-15-10(19-17-7)3-5-14-11(18)8-6-13-4-2-9(8)16-12/h2,4,6H,3,5,12H2,1H3,(H,13,16)(H,14,18). The van der Waals surface area contributed by atoms with Crippen molar-refractivity contribution in [1.82, 2.24) is 20.4 Å². The Bertz CT molecular complexity index is 568. The van der Waals surface area contributed by atoms with E-state index in [9.17, 15) is 4.79 Å². The molecule has 0 unspecified atom stereocenters. The van der Waals surface area contributed by atoms with Gasteiger partial charge >= 0.3 is 0 Å². The van der Waals surface area contributed by atoms with Crippen LogP contribution >= 0.6 is 0 Å². The van der Waals surface area contributed by atoms with Crippen LogP contribution in [0.2, 0.25) is 0 Å². The zero-order valence-electron chi connectivity index (χ0n) is 10.4. The highest BCUT2D eigenvalue weighted by Crippen LogP contribution is 2.11. The number of hydrogen-bond acceptors (Lipinski definition) is 7. The van der Waals surface area contributed by atoms with Gasteiger partial charge in [-0.2, -0.15) is 4.98 Å². The number of rotatable bonds is 5. The monoisotopic (exact) mass is 262 g/mol. The van der Waals surface area contributed by atoms with Crippen molar-refractivity contribution in [1.29, 1.82) is 0 Å². The van der Waals surface area contributed by atoms with E-state index in [0.717, 1.165) is 0 Å². The summed E-state index contributed by atoms with van der Waals surface area (Å²) < 4.78 is 4.94. The van der Waals surface area contributed by atoms with Crippen molar-refractivity contribution in [2.24, 2.45) is 5.84 Å². The molecule has 8 nitrogen and oxygen atoms in total. The fraction of sp³-hybridized carbons (Fsp3) is 0.273. The molecule has 0 aliphatic heterocycles. The average molecular weight is 262 g/mol. The molecule has 100 valence electrons. The van der Waals surface area contributed by atoms with Crippen LogP contribution in [0, 0.1) is 6.92 Å². The number of nitrogens with two attached hydrogens (primary N) is 1. The van der Waals surface area contributed by atoms with Gasteiger partial charge in [0.25, 0.3) is 5.91 Å². The molecule has 0 spiro atoms. The Hall–Kier alpha value is -2.48. The molecule has 2 aromatic heterocycles. The molecule has 2 heterocycles. The van der Waals surface area contributed by atoms with Gasteiger partial charge in [0, 0.05) is 25.4 Å². The van der Waals surface area contributed by atoms with Gasteiger partial charge in [0.15, 0.2) is 5.82 Å². The first-order valence-corrected chi connectivity index (χ1v) is 5.68. The zero-order valence-corrected chi connectivity index (χ0v) is 10.4. The molecule has 4 N–H and O–H groups in total. The van der Waals surface area contributed by atoms with Crippen LogP contribution in [0.15, 0.2) is 23.0 Å². The molecule has 0 fully saturated rings. The Labute approximate surface area is 109 Å². The molecule has 0 aromatic carbocycles. The van der Waals surface area contributed by atoms with E-state index in [0.29, 0.717) is 35.9 Å². The third kappa shape index (κ3) is 3.26. The maximum Gasteiger partial charge on any atom is 0.255 e. The van der Waals surface area contributed by atoms with Crippen molar-refractivity contribution in [3.8, 4) is 0 Å². The van der Waals surface area contributed by atoms with E-state index in [2.05, 4.69) is 25.9 Å². The largest absolute Gasteiger partial charge is 0.351 e. The van der Waals surface area contributed by atoms with Crippen LogP contribution in [-0.2, 0) is 6.42 Å². The summed E-state index contributed by atoms with van der Waals surface area (Å²) in [5.74, 6) is 6.11. The van der Waals surface area contributed by atoms with E-state index in [1.807, 2.05) is 0 Å². The van der Waals surface area contributed by atoms with Gasteiger partial charge in [-0.15, -0.1) is 0 Å². The van der Waals surface area contributed by atoms with E-state index in [1.165, 1.54) is 6.20 Å². The summed E-state index contributed by atoms with van der Waals surface area (Å²) in [4.78, 5) is 19.8. The lowest BCUT2D eigenvalue weighted by molar-refractivity contribution is 0.0954. The molecular weight excluding hydrogens is 248 g/mol. The summed E-state index contributed by atoms with van der Waals surface area (Å²) in [7, 11) is 0. The number of hydrazine groups is 1. The number of anilines is 1. The Morgan fingerprint density at radius 2 is 2.37 bits per heavy atom. The summed E-state index contributed by atoms with van der Waals surface area (Å²) in [5.41, 5.74) is 3.34. The van der Waals surface area contributed by atoms with Crippen LogP contribution in [0.1, 0.15) is 22.1 Å². The summed E-state index contributed by atoms with van der Waals surface area (Å²) in [5, 5.41) is 6.39. The maximum atomic E-state index is 11.9. The predicted octanol–water partition coefficient (Wildman–Crippen LogP) is 0.0311. The van der Waals surface area contributed by atoms with Gasteiger partial charge in [-0.3, -0.25) is 15.6 Å².